The lowest BCUT2D eigenvalue weighted by atomic mass is 9.86. The van der Waals surface area contributed by atoms with Crippen molar-refractivity contribution in [2.45, 2.75) is 30.4 Å². The van der Waals surface area contributed by atoms with Crippen LogP contribution in [0, 0.1) is 115 Å². The van der Waals surface area contributed by atoms with Gasteiger partial charge in [-0.1, -0.05) is 0 Å². The summed E-state index contributed by atoms with van der Waals surface area (Å²) in [5.74, 6) is -36.5. The maximum atomic E-state index is 15.2. The standard InChI is InChI=1S/C30H4F17N7/c31-17-9(4-51)18(32)22(36)14(21(17)35)6(1-48)11-12(7(2-49)15-23(37)19(33)10(5-52)20(34)24(15)38)13(11)8(3-50)16-25(28(39,40)41)53-27(30(45,46)47)54-26(16)29(42,43)44/h6,8,11,13H/b12-7+. The number of aromatic nitrogens is 2. The molecule has 1 saturated carbocycles. The van der Waals surface area contributed by atoms with Gasteiger partial charge in [0.1, 0.15) is 23.3 Å². The highest BCUT2D eigenvalue weighted by Crippen LogP contribution is 2.64. The van der Waals surface area contributed by atoms with Crippen molar-refractivity contribution in [3.05, 3.63) is 97.1 Å². The summed E-state index contributed by atoms with van der Waals surface area (Å²) in [5.41, 5.74) is -21.0. The van der Waals surface area contributed by atoms with Crippen LogP contribution in [0.4, 0.5) is 74.6 Å². The molecule has 4 unspecified atom stereocenters. The van der Waals surface area contributed by atoms with Crippen molar-refractivity contribution in [2.75, 3.05) is 0 Å². The van der Waals surface area contributed by atoms with Gasteiger partial charge in [-0.25, -0.2) is 45.1 Å². The second-order valence-corrected chi connectivity index (χ2v) is 10.6. The molecule has 3 aromatic rings. The molecule has 24 heteroatoms. The monoisotopic (exact) mass is 785 g/mol. The van der Waals surface area contributed by atoms with E-state index in [-0.39, 0.29) is 0 Å². The molecule has 1 aliphatic rings. The topological polar surface area (TPSA) is 145 Å². The smallest absolute Gasteiger partial charge is 0.219 e. The van der Waals surface area contributed by atoms with Crippen molar-refractivity contribution < 1.29 is 74.6 Å². The van der Waals surface area contributed by atoms with Gasteiger partial charge >= 0.3 is 18.5 Å². The van der Waals surface area contributed by atoms with Gasteiger partial charge in [-0.05, 0) is 5.57 Å². The van der Waals surface area contributed by atoms with Crippen LogP contribution in [-0.4, -0.2) is 9.97 Å². The summed E-state index contributed by atoms with van der Waals surface area (Å²) >= 11 is 0. The van der Waals surface area contributed by atoms with Crippen molar-refractivity contribution in [3.8, 4) is 30.3 Å². The molecule has 1 aromatic heterocycles. The molecule has 4 atom stereocenters. The number of alkyl halides is 9. The third kappa shape index (κ3) is 6.32. The summed E-state index contributed by atoms with van der Waals surface area (Å²) in [4.78, 5) is 4.10. The first-order valence-electron chi connectivity index (χ1n) is 13.5. The molecule has 2 aromatic carbocycles. The first-order valence-corrected chi connectivity index (χ1v) is 13.5. The van der Waals surface area contributed by atoms with Crippen LogP contribution < -0.4 is 0 Å². The zero-order chi connectivity index (χ0) is 41.2. The van der Waals surface area contributed by atoms with Gasteiger partial charge in [0.15, 0.2) is 57.9 Å². The van der Waals surface area contributed by atoms with Gasteiger partial charge in [0, 0.05) is 23.0 Å². The van der Waals surface area contributed by atoms with Gasteiger partial charge in [-0.15, -0.1) is 0 Å². The third-order valence-electron chi connectivity index (χ3n) is 7.79. The molecule has 0 saturated heterocycles. The Kier molecular flexibility index (Phi) is 10.1. The molecule has 1 aliphatic carbocycles. The first kappa shape index (κ1) is 40.3. The van der Waals surface area contributed by atoms with Crippen molar-refractivity contribution in [3.63, 3.8) is 0 Å². The molecule has 0 radical (unpaired) electrons. The Balaban J connectivity index is 2.25. The van der Waals surface area contributed by atoms with Gasteiger partial charge in [0.25, 0.3) is 0 Å². The van der Waals surface area contributed by atoms with E-state index in [1.165, 1.54) is 0 Å². The van der Waals surface area contributed by atoms with Crippen LogP contribution >= 0.6 is 0 Å². The Hall–Kier alpha value is -6.48. The summed E-state index contributed by atoms with van der Waals surface area (Å²) in [6.07, 6.45) is -19.0. The van der Waals surface area contributed by atoms with Crippen LogP contribution in [0.5, 0.6) is 0 Å². The van der Waals surface area contributed by atoms with Gasteiger partial charge in [0.05, 0.1) is 41.2 Å². The highest BCUT2D eigenvalue weighted by atomic mass is 19.4. The van der Waals surface area contributed by atoms with E-state index < -0.39 is 145 Å². The summed E-state index contributed by atoms with van der Waals surface area (Å²) in [6, 6.07) is 3.85. The summed E-state index contributed by atoms with van der Waals surface area (Å²) < 4.78 is 245. The van der Waals surface area contributed by atoms with E-state index in [1.807, 2.05) is 9.97 Å². The van der Waals surface area contributed by atoms with Crippen molar-refractivity contribution in [1.29, 1.82) is 26.3 Å². The van der Waals surface area contributed by atoms with Gasteiger partial charge < -0.3 is 0 Å². The van der Waals surface area contributed by atoms with E-state index in [1.54, 1.807) is 0 Å². The predicted octanol–water partition coefficient (Wildman–Crippen LogP) is 8.53. The molecule has 0 bridgehead atoms. The van der Waals surface area contributed by atoms with Crippen LogP contribution in [0.2, 0.25) is 0 Å². The number of benzene rings is 2. The van der Waals surface area contributed by atoms with Crippen LogP contribution in [0.3, 0.4) is 0 Å². The average Bonchev–Trinajstić information content (AvgIpc) is 3.79. The van der Waals surface area contributed by atoms with Gasteiger partial charge in [-0.3, -0.25) is 0 Å². The van der Waals surface area contributed by atoms with E-state index >= 15 is 17.6 Å². The Morgan fingerprint density at radius 3 is 1.15 bits per heavy atom. The quantitative estimate of drug-likeness (QED) is 0.143. The first-order chi connectivity index (χ1) is 24.9. The number of halogens is 17. The molecular formula is C30H4F17N7. The van der Waals surface area contributed by atoms with Gasteiger partial charge in [0.2, 0.25) is 5.82 Å². The Bertz CT molecular complexity index is 2280. The number of hydrogen-bond donors (Lipinski definition) is 0. The summed E-state index contributed by atoms with van der Waals surface area (Å²) in [6.45, 7) is 0. The van der Waals surface area contributed by atoms with Gasteiger partial charge in [-0.2, -0.15) is 65.8 Å². The molecule has 54 heavy (non-hydrogen) atoms. The summed E-state index contributed by atoms with van der Waals surface area (Å²) in [7, 11) is 0. The molecule has 1 fully saturated rings. The Labute approximate surface area is 286 Å². The van der Waals surface area contributed by atoms with Crippen molar-refractivity contribution in [1.82, 2.24) is 9.97 Å². The summed E-state index contributed by atoms with van der Waals surface area (Å²) in [5, 5.41) is 47.4. The molecule has 0 amide bonds. The Morgan fingerprint density at radius 1 is 0.500 bits per heavy atom. The van der Waals surface area contributed by atoms with E-state index in [4.69, 9.17) is 10.5 Å². The molecule has 0 N–H and O–H groups in total. The fraction of sp³-hybridized carbons (Fsp3) is 0.233. The average molecular weight is 785 g/mol. The maximum Gasteiger partial charge on any atom is 0.451 e. The van der Waals surface area contributed by atoms with E-state index in [0.717, 1.165) is 18.2 Å². The third-order valence-corrected chi connectivity index (χ3v) is 7.79. The van der Waals surface area contributed by atoms with Crippen LogP contribution in [0.25, 0.3) is 5.57 Å². The molecule has 0 aliphatic heterocycles. The van der Waals surface area contributed by atoms with E-state index in [2.05, 4.69) is 0 Å². The lowest BCUT2D eigenvalue weighted by molar-refractivity contribution is -0.160. The number of hydrogen-bond acceptors (Lipinski definition) is 7. The molecule has 7 nitrogen and oxygen atoms in total. The van der Waals surface area contributed by atoms with E-state index in [0.29, 0.717) is 12.1 Å². The molecule has 278 valence electrons. The van der Waals surface area contributed by atoms with Crippen LogP contribution in [0.1, 0.15) is 56.9 Å². The normalized spacial score (nSPS) is 17.7. The number of nitriles is 5. The zero-order valence-corrected chi connectivity index (χ0v) is 24.9. The fourth-order valence-electron chi connectivity index (χ4n) is 5.62. The number of rotatable bonds is 5. The molecule has 0 spiro atoms. The highest BCUT2D eigenvalue weighted by molar-refractivity contribution is 5.85. The minimum atomic E-state index is -6.40. The Morgan fingerprint density at radius 2 is 0.852 bits per heavy atom. The minimum absolute atomic E-state index is 0.678. The predicted molar refractivity (Wildman–Crippen MR) is 135 cm³/mol. The van der Waals surface area contributed by atoms with Crippen LogP contribution in [-0.2, 0) is 18.5 Å². The largest absolute Gasteiger partial charge is 0.451 e. The SMILES string of the molecule is N#C/C(=C1\C(C(C#N)c2c(C(F)(F)F)nc(C(F)(F)F)nc2C(F)(F)F)C1C(C#N)c1c(F)c(F)c(C#N)c(F)c1F)c1c(F)c(F)c(C#N)c(F)c1F. The zero-order valence-electron chi connectivity index (χ0n) is 24.9. The molecule has 1 heterocycles. The van der Waals surface area contributed by atoms with Crippen molar-refractivity contribution in [2.24, 2.45) is 11.8 Å². The second kappa shape index (κ2) is 13.5. The molecule has 4 rings (SSSR count). The van der Waals surface area contributed by atoms with E-state index in [9.17, 15) is 72.9 Å². The number of allylic oxidation sites excluding steroid dienone is 2. The second-order valence-electron chi connectivity index (χ2n) is 10.6. The molecular weight excluding hydrogens is 781 g/mol. The lowest BCUT2D eigenvalue weighted by Crippen LogP contribution is -2.27. The van der Waals surface area contributed by atoms with Crippen molar-refractivity contribution >= 4 is 5.57 Å². The highest BCUT2D eigenvalue weighted by Gasteiger charge is 2.61. The lowest BCUT2D eigenvalue weighted by Gasteiger charge is -2.22. The maximum absolute atomic E-state index is 15.2. The fourth-order valence-corrected chi connectivity index (χ4v) is 5.62. The number of nitrogens with zero attached hydrogens (tertiary/aromatic N) is 7. The van der Waals surface area contributed by atoms with Crippen LogP contribution in [0.15, 0.2) is 5.57 Å². The minimum Gasteiger partial charge on any atom is -0.219 e.